The number of hydrogen-bond acceptors (Lipinski definition) is 3. The van der Waals surface area contributed by atoms with Gasteiger partial charge in [-0.05, 0) is 12.1 Å². The molecule has 72 valence electrons. The van der Waals surface area contributed by atoms with Crippen LogP contribution in [0, 0.1) is 0 Å². The Morgan fingerprint density at radius 1 is 1.29 bits per heavy atom. The summed E-state index contributed by atoms with van der Waals surface area (Å²) in [5.41, 5.74) is 0.751. The molecule has 0 bridgehead atoms. The van der Waals surface area contributed by atoms with E-state index in [-0.39, 0.29) is 6.04 Å². The number of piperazine rings is 1. The van der Waals surface area contributed by atoms with E-state index in [9.17, 15) is 9.59 Å². The van der Waals surface area contributed by atoms with Gasteiger partial charge in [0.05, 0.1) is 11.7 Å². The fraction of sp³-hybridized carbons (Fsp3) is 0.222. The van der Waals surface area contributed by atoms with E-state index >= 15 is 0 Å². The van der Waals surface area contributed by atoms with Crippen LogP contribution in [0.15, 0.2) is 24.4 Å². The third-order valence-electron chi connectivity index (χ3n) is 2.02. The highest BCUT2D eigenvalue weighted by atomic mass is 16.2. The molecule has 2 amide bonds. The molecule has 2 heterocycles. The summed E-state index contributed by atoms with van der Waals surface area (Å²) in [5.74, 6) is -1.19. The van der Waals surface area contributed by atoms with E-state index in [1.165, 1.54) is 0 Å². The highest BCUT2D eigenvalue weighted by Gasteiger charge is 2.26. The van der Waals surface area contributed by atoms with Crippen molar-refractivity contribution in [2.75, 3.05) is 6.54 Å². The molecule has 5 heteroatoms. The zero-order valence-electron chi connectivity index (χ0n) is 7.36. The molecule has 1 unspecified atom stereocenters. The summed E-state index contributed by atoms with van der Waals surface area (Å²) in [7, 11) is 0. The van der Waals surface area contributed by atoms with E-state index in [1.54, 1.807) is 12.3 Å². The van der Waals surface area contributed by atoms with Crippen molar-refractivity contribution in [3.05, 3.63) is 30.1 Å². The smallest absolute Gasteiger partial charge is 0.309 e. The molecule has 0 aliphatic carbocycles. The fourth-order valence-electron chi connectivity index (χ4n) is 1.31. The number of amides is 2. The van der Waals surface area contributed by atoms with Crippen molar-refractivity contribution < 1.29 is 9.59 Å². The van der Waals surface area contributed by atoms with E-state index in [0.29, 0.717) is 6.54 Å². The van der Waals surface area contributed by atoms with Gasteiger partial charge in [0.15, 0.2) is 0 Å². The molecule has 2 N–H and O–H groups in total. The van der Waals surface area contributed by atoms with E-state index in [4.69, 9.17) is 0 Å². The van der Waals surface area contributed by atoms with Crippen molar-refractivity contribution >= 4 is 11.8 Å². The Labute approximate surface area is 80.5 Å². The Morgan fingerprint density at radius 2 is 2.14 bits per heavy atom. The van der Waals surface area contributed by atoms with Crippen molar-refractivity contribution in [1.29, 1.82) is 0 Å². The van der Waals surface area contributed by atoms with Gasteiger partial charge >= 0.3 is 11.8 Å². The maximum absolute atomic E-state index is 11.0. The van der Waals surface area contributed by atoms with Crippen LogP contribution >= 0.6 is 0 Å². The van der Waals surface area contributed by atoms with Gasteiger partial charge in [0, 0.05) is 12.7 Å². The molecule has 1 aromatic heterocycles. The zero-order chi connectivity index (χ0) is 9.97. The first-order chi connectivity index (χ1) is 6.77. The van der Waals surface area contributed by atoms with E-state index in [1.807, 2.05) is 12.1 Å². The van der Waals surface area contributed by atoms with Gasteiger partial charge in [-0.3, -0.25) is 14.6 Å². The van der Waals surface area contributed by atoms with Gasteiger partial charge in [-0.25, -0.2) is 0 Å². The molecular weight excluding hydrogens is 182 g/mol. The van der Waals surface area contributed by atoms with Crippen LogP contribution in [-0.4, -0.2) is 23.3 Å². The van der Waals surface area contributed by atoms with Crippen molar-refractivity contribution in [3.63, 3.8) is 0 Å². The Hall–Kier alpha value is -1.91. The molecule has 1 saturated heterocycles. The molecular formula is C9H9N3O2. The van der Waals surface area contributed by atoms with Gasteiger partial charge in [-0.15, -0.1) is 0 Å². The number of nitrogens with zero attached hydrogens (tertiary/aromatic N) is 1. The van der Waals surface area contributed by atoms with E-state index in [0.717, 1.165) is 5.69 Å². The number of nitrogens with one attached hydrogen (secondary N) is 2. The summed E-state index contributed by atoms with van der Waals surface area (Å²) < 4.78 is 0. The SMILES string of the molecule is O=C1NCC(c2ccccn2)NC1=O. The van der Waals surface area contributed by atoms with Crippen molar-refractivity contribution in [1.82, 2.24) is 15.6 Å². The Morgan fingerprint density at radius 3 is 2.79 bits per heavy atom. The second-order valence-electron chi connectivity index (χ2n) is 2.99. The average Bonchev–Trinajstić information content (AvgIpc) is 2.23. The first-order valence-electron chi connectivity index (χ1n) is 4.27. The number of hydrogen-bond donors (Lipinski definition) is 2. The van der Waals surface area contributed by atoms with E-state index < -0.39 is 11.8 Å². The average molecular weight is 191 g/mol. The van der Waals surface area contributed by atoms with Crippen LogP contribution in [0.4, 0.5) is 0 Å². The number of carbonyl (C=O) groups is 2. The van der Waals surface area contributed by atoms with Crippen molar-refractivity contribution in [3.8, 4) is 0 Å². The minimum atomic E-state index is -0.605. The molecule has 1 aliphatic heterocycles. The maximum Gasteiger partial charge on any atom is 0.309 e. The summed E-state index contributed by atoms with van der Waals surface area (Å²) >= 11 is 0. The lowest BCUT2D eigenvalue weighted by atomic mass is 10.1. The topological polar surface area (TPSA) is 71.1 Å². The Kier molecular flexibility index (Phi) is 2.14. The van der Waals surface area contributed by atoms with Crippen LogP contribution in [0.5, 0.6) is 0 Å². The Balaban J connectivity index is 2.14. The predicted octanol–water partition coefficient (Wildman–Crippen LogP) is -0.631. The maximum atomic E-state index is 11.0. The predicted molar refractivity (Wildman–Crippen MR) is 48.1 cm³/mol. The number of pyridine rings is 1. The second-order valence-corrected chi connectivity index (χ2v) is 2.99. The number of aromatic nitrogens is 1. The summed E-state index contributed by atoms with van der Waals surface area (Å²) in [6.45, 7) is 0.390. The zero-order valence-corrected chi connectivity index (χ0v) is 7.36. The van der Waals surface area contributed by atoms with Gasteiger partial charge < -0.3 is 10.6 Å². The van der Waals surface area contributed by atoms with Crippen molar-refractivity contribution in [2.24, 2.45) is 0 Å². The standard InChI is InChI=1S/C9H9N3O2/c13-8-9(14)12-7(5-11-8)6-3-1-2-4-10-6/h1-4,7H,5H2,(H,11,13)(H,12,14). The molecule has 5 nitrogen and oxygen atoms in total. The van der Waals surface area contributed by atoms with Crippen LogP contribution in [0.1, 0.15) is 11.7 Å². The Bertz CT molecular complexity index is 364. The third-order valence-corrected chi connectivity index (χ3v) is 2.02. The molecule has 0 saturated carbocycles. The van der Waals surface area contributed by atoms with E-state index in [2.05, 4.69) is 15.6 Å². The highest BCUT2D eigenvalue weighted by molar-refractivity contribution is 6.35. The first-order valence-corrected chi connectivity index (χ1v) is 4.27. The lowest BCUT2D eigenvalue weighted by Gasteiger charge is -2.22. The first kappa shape index (κ1) is 8.68. The lowest BCUT2D eigenvalue weighted by molar-refractivity contribution is -0.141. The van der Waals surface area contributed by atoms with Crippen LogP contribution < -0.4 is 10.6 Å². The molecule has 0 radical (unpaired) electrons. The fourth-order valence-corrected chi connectivity index (χ4v) is 1.31. The van der Waals surface area contributed by atoms with Crippen molar-refractivity contribution in [2.45, 2.75) is 6.04 Å². The minimum Gasteiger partial charge on any atom is -0.345 e. The van der Waals surface area contributed by atoms with Crippen LogP contribution in [0.3, 0.4) is 0 Å². The highest BCUT2D eigenvalue weighted by Crippen LogP contribution is 2.09. The molecule has 0 aromatic carbocycles. The van der Waals surface area contributed by atoms with Gasteiger partial charge in [0.2, 0.25) is 0 Å². The molecule has 2 rings (SSSR count). The van der Waals surface area contributed by atoms with Gasteiger partial charge in [-0.1, -0.05) is 6.07 Å². The monoisotopic (exact) mass is 191 g/mol. The molecule has 14 heavy (non-hydrogen) atoms. The normalized spacial score (nSPS) is 21.3. The number of carbonyl (C=O) groups excluding carboxylic acids is 2. The third kappa shape index (κ3) is 1.56. The molecule has 0 spiro atoms. The number of rotatable bonds is 1. The lowest BCUT2D eigenvalue weighted by Crippen LogP contribution is -2.51. The molecule has 1 aliphatic rings. The van der Waals surface area contributed by atoms with Crippen LogP contribution in [0.2, 0.25) is 0 Å². The summed E-state index contributed by atoms with van der Waals surface area (Å²) in [4.78, 5) is 26.0. The van der Waals surface area contributed by atoms with Gasteiger partial charge in [0.25, 0.3) is 0 Å². The van der Waals surface area contributed by atoms with Crippen LogP contribution in [0.25, 0.3) is 0 Å². The van der Waals surface area contributed by atoms with Gasteiger partial charge in [-0.2, -0.15) is 0 Å². The largest absolute Gasteiger partial charge is 0.345 e. The summed E-state index contributed by atoms with van der Waals surface area (Å²) in [6.07, 6.45) is 1.65. The quantitative estimate of drug-likeness (QED) is 0.580. The minimum absolute atomic E-state index is 0.221. The summed E-state index contributed by atoms with van der Waals surface area (Å²) in [5, 5.41) is 5.06. The van der Waals surface area contributed by atoms with Gasteiger partial charge in [0.1, 0.15) is 0 Å². The molecule has 1 atom stereocenters. The summed E-state index contributed by atoms with van der Waals surface area (Å²) in [6, 6.07) is 5.22. The molecule has 1 aromatic rings. The van der Waals surface area contributed by atoms with Crippen LogP contribution in [-0.2, 0) is 9.59 Å². The molecule has 1 fully saturated rings. The second kappa shape index (κ2) is 3.45.